The van der Waals surface area contributed by atoms with Crippen LogP contribution in [-0.4, -0.2) is 30.6 Å². The number of hydrogen-bond donors (Lipinski definition) is 1. The second kappa shape index (κ2) is 5.95. The van der Waals surface area contributed by atoms with Crippen molar-refractivity contribution in [2.75, 3.05) is 19.0 Å². The van der Waals surface area contributed by atoms with Crippen LogP contribution in [0.1, 0.15) is 26.7 Å². The van der Waals surface area contributed by atoms with Crippen molar-refractivity contribution in [3.8, 4) is 5.75 Å². The number of benzene rings is 1. The van der Waals surface area contributed by atoms with Crippen molar-refractivity contribution in [3.05, 3.63) is 24.3 Å². The monoisotopic (exact) mass is 262 g/mol. The van der Waals surface area contributed by atoms with Gasteiger partial charge >= 0.3 is 6.03 Å². The summed E-state index contributed by atoms with van der Waals surface area (Å²) in [6.07, 6.45) is 2.26. The average molecular weight is 262 g/mol. The smallest absolute Gasteiger partial charge is 0.322 e. The zero-order chi connectivity index (χ0) is 13.8. The molecule has 1 N–H and O–H groups in total. The van der Waals surface area contributed by atoms with E-state index in [0.29, 0.717) is 12.0 Å². The van der Waals surface area contributed by atoms with Crippen molar-refractivity contribution in [2.24, 2.45) is 5.92 Å². The van der Waals surface area contributed by atoms with Crippen molar-refractivity contribution in [3.63, 3.8) is 0 Å². The van der Waals surface area contributed by atoms with E-state index in [1.54, 1.807) is 7.11 Å². The number of ether oxygens (including phenoxy) is 1. The lowest BCUT2D eigenvalue weighted by atomic mass is 10.2. The van der Waals surface area contributed by atoms with Crippen LogP contribution in [0.4, 0.5) is 10.5 Å². The Labute approximate surface area is 114 Å². The number of rotatable bonds is 5. The summed E-state index contributed by atoms with van der Waals surface area (Å²) in [5.41, 5.74) is 0.806. The minimum absolute atomic E-state index is 0.00127. The summed E-state index contributed by atoms with van der Waals surface area (Å²) >= 11 is 0. The molecule has 0 spiro atoms. The Hall–Kier alpha value is -1.71. The van der Waals surface area contributed by atoms with E-state index in [-0.39, 0.29) is 6.03 Å². The lowest BCUT2D eigenvalue weighted by Crippen LogP contribution is -2.39. The molecule has 0 aliphatic heterocycles. The van der Waals surface area contributed by atoms with Gasteiger partial charge in [-0.3, -0.25) is 0 Å². The summed E-state index contributed by atoms with van der Waals surface area (Å²) in [4.78, 5) is 14.2. The molecule has 0 atom stereocenters. The first-order chi connectivity index (χ1) is 9.10. The van der Waals surface area contributed by atoms with Crippen molar-refractivity contribution < 1.29 is 9.53 Å². The molecule has 1 fully saturated rings. The maximum absolute atomic E-state index is 12.3. The Balaban J connectivity index is 1.97. The van der Waals surface area contributed by atoms with E-state index in [4.69, 9.17) is 4.74 Å². The first-order valence-corrected chi connectivity index (χ1v) is 6.82. The van der Waals surface area contributed by atoms with E-state index in [9.17, 15) is 4.79 Å². The van der Waals surface area contributed by atoms with Gasteiger partial charge < -0.3 is 15.0 Å². The lowest BCUT2D eigenvalue weighted by Gasteiger charge is -2.24. The number of nitrogens with zero attached hydrogens (tertiary/aromatic N) is 1. The summed E-state index contributed by atoms with van der Waals surface area (Å²) in [7, 11) is 1.63. The summed E-state index contributed by atoms with van der Waals surface area (Å²) in [6, 6.07) is 7.84. The minimum Gasteiger partial charge on any atom is -0.497 e. The van der Waals surface area contributed by atoms with Gasteiger partial charge in [-0.05, 0) is 43.0 Å². The fourth-order valence-electron chi connectivity index (χ4n) is 2.05. The van der Waals surface area contributed by atoms with E-state index >= 15 is 0 Å². The van der Waals surface area contributed by atoms with Crippen molar-refractivity contribution in [1.29, 1.82) is 0 Å². The van der Waals surface area contributed by atoms with Crippen molar-refractivity contribution in [1.82, 2.24) is 4.90 Å². The summed E-state index contributed by atoms with van der Waals surface area (Å²) in [6.45, 7) is 5.08. The Morgan fingerprint density at radius 3 is 2.47 bits per heavy atom. The highest BCUT2D eigenvalue weighted by atomic mass is 16.5. The molecule has 0 unspecified atom stereocenters. The number of nitrogens with one attached hydrogen (secondary N) is 1. The third-order valence-electron chi connectivity index (χ3n) is 3.15. The second-order valence-corrected chi connectivity index (χ2v) is 5.44. The predicted molar refractivity (Wildman–Crippen MR) is 76.6 cm³/mol. The molecule has 19 heavy (non-hydrogen) atoms. The van der Waals surface area contributed by atoms with E-state index < -0.39 is 0 Å². The summed E-state index contributed by atoms with van der Waals surface area (Å²) in [5, 5.41) is 2.95. The number of amides is 2. The van der Waals surface area contributed by atoms with E-state index in [1.807, 2.05) is 29.2 Å². The van der Waals surface area contributed by atoms with E-state index in [0.717, 1.165) is 30.8 Å². The van der Waals surface area contributed by atoms with Gasteiger partial charge in [0, 0.05) is 18.3 Å². The largest absolute Gasteiger partial charge is 0.497 e. The highest BCUT2D eigenvalue weighted by Crippen LogP contribution is 2.28. The van der Waals surface area contributed by atoms with Gasteiger partial charge in [0.2, 0.25) is 0 Å². The molecule has 1 aromatic carbocycles. The molecule has 0 bridgehead atoms. The van der Waals surface area contributed by atoms with Crippen LogP contribution >= 0.6 is 0 Å². The van der Waals surface area contributed by atoms with Gasteiger partial charge in [0.25, 0.3) is 0 Å². The molecule has 0 aromatic heterocycles. The third kappa shape index (κ3) is 3.88. The highest BCUT2D eigenvalue weighted by Gasteiger charge is 2.32. The molecule has 0 radical (unpaired) electrons. The van der Waals surface area contributed by atoms with Crippen LogP contribution in [0.25, 0.3) is 0 Å². The molecular formula is C15H22N2O2. The average Bonchev–Trinajstić information content (AvgIpc) is 3.21. The summed E-state index contributed by atoms with van der Waals surface area (Å²) < 4.78 is 5.10. The number of carbonyl (C=O) groups is 1. The minimum atomic E-state index is 0.00127. The molecule has 2 rings (SSSR count). The Morgan fingerprint density at radius 2 is 2.00 bits per heavy atom. The molecule has 0 heterocycles. The standard InChI is InChI=1S/C15H22N2O2/c1-11(2)10-17(13-6-7-13)15(18)16-12-4-8-14(19-3)9-5-12/h4-5,8-9,11,13H,6-7,10H2,1-3H3,(H,16,18). The van der Waals surface area contributed by atoms with Crippen molar-refractivity contribution >= 4 is 11.7 Å². The summed E-state index contributed by atoms with van der Waals surface area (Å²) in [5.74, 6) is 1.28. The van der Waals surface area contributed by atoms with Gasteiger partial charge in [0.05, 0.1) is 7.11 Å². The van der Waals surface area contributed by atoms with Crippen LogP contribution in [0.15, 0.2) is 24.3 Å². The molecule has 4 nitrogen and oxygen atoms in total. The molecule has 1 saturated carbocycles. The number of hydrogen-bond acceptors (Lipinski definition) is 2. The SMILES string of the molecule is COc1ccc(NC(=O)N(CC(C)C)C2CC2)cc1. The van der Waals surface area contributed by atoms with Crippen LogP contribution in [0.5, 0.6) is 5.75 Å². The predicted octanol–water partition coefficient (Wildman–Crippen LogP) is 3.35. The molecule has 0 saturated heterocycles. The topological polar surface area (TPSA) is 41.6 Å². The maximum Gasteiger partial charge on any atom is 0.322 e. The van der Waals surface area contributed by atoms with Gasteiger partial charge in [-0.1, -0.05) is 13.8 Å². The Kier molecular flexibility index (Phi) is 4.30. The third-order valence-corrected chi connectivity index (χ3v) is 3.15. The first-order valence-electron chi connectivity index (χ1n) is 6.82. The number of carbonyl (C=O) groups excluding carboxylic acids is 1. The first kappa shape index (κ1) is 13.7. The van der Waals surface area contributed by atoms with Crippen LogP contribution in [0.3, 0.4) is 0 Å². The Bertz CT molecular complexity index is 424. The van der Waals surface area contributed by atoms with Crippen LogP contribution in [-0.2, 0) is 0 Å². The van der Waals surface area contributed by atoms with Crippen molar-refractivity contribution in [2.45, 2.75) is 32.7 Å². The van der Waals surface area contributed by atoms with Gasteiger partial charge in [0.1, 0.15) is 5.75 Å². The van der Waals surface area contributed by atoms with Crippen LogP contribution in [0, 0.1) is 5.92 Å². The number of urea groups is 1. The van der Waals surface area contributed by atoms with E-state index in [1.165, 1.54) is 0 Å². The van der Waals surface area contributed by atoms with Gasteiger partial charge in [-0.25, -0.2) is 4.79 Å². The van der Waals surface area contributed by atoms with Crippen LogP contribution < -0.4 is 10.1 Å². The molecule has 4 heteroatoms. The van der Waals surface area contributed by atoms with Gasteiger partial charge in [-0.15, -0.1) is 0 Å². The van der Waals surface area contributed by atoms with Gasteiger partial charge in [0.15, 0.2) is 0 Å². The molecule has 1 aromatic rings. The second-order valence-electron chi connectivity index (χ2n) is 5.44. The highest BCUT2D eigenvalue weighted by molar-refractivity contribution is 5.89. The molecule has 104 valence electrons. The van der Waals surface area contributed by atoms with Crippen LogP contribution in [0.2, 0.25) is 0 Å². The molecule has 2 amide bonds. The molecular weight excluding hydrogens is 240 g/mol. The zero-order valence-corrected chi connectivity index (χ0v) is 11.8. The van der Waals surface area contributed by atoms with Gasteiger partial charge in [-0.2, -0.15) is 0 Å². The molecule has 1 aliphatic rings. The number of anilines is 1. The Morgan fingerprint density at radius 1 is 1.37 bits per heavy atom. The zero-order valence-electron chi connectivity index (χ0n) is 11.8. The lowest BCUT2D eigenvalue weighted by molar-refractivity contribution is 0.201. The fraction of sp³-hybridized carbons (Fsp3) is 0.533. The number of methoxy groups -OCH3 is 1. The quantitative estimate of drug-likeness (QED) is 0.884. The fourth-order valence-corrected chi connectivity index (χ4v) is 2.05. The normalized spacial score (nSPS) is 14.3. The molecule has 1 aliphatic carbocycles. The van der Waals surface area contributed by atoms with E-state index in [2.05, 4.69) is 19.2 Å². The maximum atomic E-state index is 12.3.